The van der Waals surface area contributed by atoms with Crippen LogP contribution in [0.25, 0.3) is 11.0 Å². The zero-order valence-electron chi connectivity index (χ0n) is 13.9. The number of fused-ring (bicyclic) bond motifs is 1. The highest BCUT2D eigenvalue weighted by atomic mass is 35.5. The SMILES string of the molecule is COc1ccc(OCc2cc(=O)oc3cc(C)c(Cl)cc23)c([N+](=O)[O-])c1. The van der Waals surface area contributed by atoms with Crippen molar-refractivity contribution in [3.8, 4) is 11.5 Å². The van der Waals surface area contributed by atoms with E-state index in [2.05, 4.69) is 0 Å². The molecule has 0 aliphatic carbocycles. The van der Waals surface area contributed by atoms with E-state index in [1.807, 2.05) is 0 Å². The van der Waals surface area contributed by atoms with Crippen molar-refractivity contribution in [2.75, 3.05) is 7.11 Å². The molecule has 0 atom stereocenters. The highest BCUT2D eigenvalue weighted by molar-refractivity contribution is 6.32. The average molecular weight is 376 g/mol. The largest absolute Gasteiger partial charge is 0.496 e. The molecule has 8 heteroatoms. The maximum Gasteiger partial charge on any atom is 0.336 e. The number of nitrogens with zero attached hydrogens (tertiary/aromatic N) is 1. The number of nitro benzene ring substituents is 1. The van der Waals surface area contributed by atoms with Gasteiger partial charge in [-0.25, -0.2) is 4.79 Å². The normalized spacial score (nSPS) is 10.7. The maximum atomic E-state index is 11.8. The molecule has 0 aliphatic heterocycles. The van der Waals surface area contributed by atoms with Gasteiger partial charge in [-0.15, -0.1) is 0 Å². The molecule has 0 saturated heterocycles. The van der Waals surface area contributed by atoms with Gasteiger partial charge >= 0.3 is 11.3 Å². The summed E-state index contributed by atoms with van der Waals surface area (Å²) in [5.41, 5.74) is 0.893. The number of hydrogen-bond donors (Lipinski definition) is 0. The molecule has 0 bridgehead atoms. The van der Waals surface area contributed by atoms with Gasteiger partial charge in [0.15, 0.2) is 5.75 Å². The van der Waals surface area contributed by atoms with Gasteiger partial charge in [0.05, 0.1) is 18.1 Å². The third kappa shape index (κ3) is 3.48. The van der Waals surface area contributed by atoms with Gasteiger partial charge in [-0.2, -0.15) is 0 Å². The van der Waals surface area contributed by atoms with Crippen LogP contribution in [0.2, 0.25) is 5.02 Å². The van der Waals surface area contributed by atoms with Crippen LogP contribution in [0, 0.1) is 17.0 Å². The molecule has 26 heavy (non-hydrogen) atoms. The van der Waals surface area contributed by atoms with E-state index in [9.17, 15) is 14.9 Å². The highest BCUT2D eigenvalue weighted by Gasteiger charge is 2.17. The Morgan fingerprint density at radius 2 is 2.00 bits per heavy atom. The smallest absolute Gasteiger partial charge is 0.336 e. The monoisotopic (exact) mass is 375 g/mol. The van der Waals surface area contributed by atoms with Crippen LogP contribution in [0.15, 0.2) is 45.6 Å². The minimum atomic E-state index is -0.560. The summed E-state index contributed by atoms with van der Waals surface area (Å²) in [5.74, 6) is 0.410. The highest BCUT2D eigenvalue weighted by Crippen LogP contribution is 2.32. The van der Waals surface area contributed by atoms with E-state index < -0.39 is 10.5 Å². The summed E-state index contributed by atoms with van der Waals surface area (Å²) in [7, 11) is 1.42. The molecule has 0 N–H and O–H groups in total. The Morgan fingerprint density at radius 1 is 1.23 bits per heavy atom. The number of ether oxygens (including phenoxy) is 2. The number of hydrogen-bond acceptors (Lipinski definition) is 6. The lowest BCUT2D eigenvalue weighted by atomic mass is 10.1. The van der Waals surface area contributed by atoms with Crippen molar-refractivity contribution >= 4 is 28.3 Å². The van der Waals surface area contributed by atoms with E-state index in [0.29, 0.717) is 27.3 Å². The van der Waals surface area contributed by atoms with Crippen molar-refractivity contribution in [3.05, 3.63) is 73.1 Å². The standard InChI is InChI=1S/C18H14ClNO6/c1-10-5-17-13(8-14(10)19)11(6-18(21)26-17)9-25-16-4-3-12(24-2)7-15(16)20(22)23/h3-8H,9H2,1-2H3. The van der Waals surface area contributed by atoms with Gasteiger partial charge in [0.25, 0.3) is 0 Å². The Morgan fingerprint density at radius 3 is 2.69 bits per heavy atom. The summed E-state index contributed by atoms with van der Waals surface area (Å²) in [6, 6.07) is 8.90. The lowest BCUT2D eigenvalue weighted by Crippen LogP contribution is -2.05. The van der Waals surface area contributed by atoms with Crippen molar-refractivity contribution in [2.45, 2.75) is 13.5 Å². The molecule has 0 amide bonds. The second kappa shape index (κ2) is 7.05. The quantitative estimate of drug-likeness (QED) is 0.376. The minimum absolute atomic E-state index is 0.0609. The van der Waals surface area contributed by atoms with Crippen LogP contribution in [-0.4, -0.2) is 12.0 Å². The Hall–Kier alpha value is -3.06. The maximum absolute atomic E-state index is 11.8. The van der Waals surface area contributed by atoms with Crippen LogP contribution in [0.5, 0.6) is 11.5 Å². The number of nitro groups is 1. The topological polar surface area (TPSA) is 91.8 Å². The van der Waals surface area contributed by atoms with E-state index in [4.69, 9.17) is 25.5 Å². The molecule has 134 valence electrons. The number of aryl methyl sites for hydroxylation is 1. The summed E-state index contributed by atoms with van der Waals surface area (Å²) >= 11 is 6.15. The van der Waals surface area contributed by atoms with Crippen molar-refractivity contribution in [1.29, 1.82) is 0 Å². The Bertz CT molecular complexity index is 1060. The van der Waals surface area contributed by atoms with Gasteiger partial charge in [0.2, 0.25) is 0 Å². The van der Waals surface area contributed by atoms with Gasteiger partial charge in [-0.3, -0.25) is 10.1 Å². The minimum Gasteiger partial charge on any atom is -0.496 e. The molecule has 0 aliphatic rings. The summed E-state index contributed by atoms with van der Waals surface area (Å²) in [6.07, 6.45) is 0. The first-order valence-electron chi connectivity index (χ1n) is 7.57. The van der Waals surface area contributed by atoms with Crippen molar-refractivity contribution < 1.29 is 18.8 Å². The van der Waals surface area contributed by atoms with Crippen LogP contribution >= 0.6 is 11.6 Å². The van der Waals surface area contributed by atoms with Crippen LogP contribution in [-0.2, 0) is 6.61 Å². The van der Waals surface area contributed by atoms with E-state index >= 15 is 0 Å². The van der Waals surface area contributed by atoms with Crippen LogP contribution in [0.3, 0.4) is 0 Å². The molecule has 3 rings (SSSR count). The fourth-order valence-corrected chi connectivity index (χ4v) is 2.68. The number of rotatable bonds is 5. The summed E-state index contributed by atoms with van der Waals surface area (Å²) in [6.45, 7) is 1.74. The summed E-state index contributed by atoms with van der Waals surface area (Å²) in [4.78, 5) is 22.5. The predicted octanol–water partition coefficient (Wildman–Crippen LogP) is 4.25. The summed E-state index contributed by atoms with van der Waals surface area (Å²) in [5, 5.41) is 12.4. The molecule has 0 spiro atoms. The molecule has 0 fully saturated rings. The average Bonchev–Trinajstić information content (AvgIpc) is 2.61. The Labute approximate surface area is 152 Å². The molecule has 0 saturated carbocycles. The molecule has 2 aromatic carbocycles. The number of methoxy groups -OCH3 is 1. The first-order valence-corrected chi connectivity index (χ1v) is 7.95. The second-order valence-corrected chi connectivity index (χ2v) is 5.97. The molecular weight excluding hydrogens is 362 g/mol. The van der Waals surface area contributed by atoms with Gasteiger partial charge in [-0.05, 0) is 36.8 Å². The van der Waals surface area contributed by atoms with Crippen molar-refractivity contribution in [1.82, 2.24) is 0 Å². The van der Waals surface area contributed by atoms with E-state index in [1.165, 1.54) is 25.3 Å². The van der Waals surface area contributed by atoms with E-state index in [0.717, 1.165) is 5.56 Å². The molecule has 1 heterocycles. The lowest BCUT2D eigenvalue weighted by Gasteiger charge is -2.10. The molecule has 3 aromatic rings. The van der Waals surface area contributed by atoms with Gasteiger partial charge in [0, 0.05) is 22.0 Å². The lowest BCUT2D eigenvalue weighted by molar-refractivity contribution is -0.386. The van der Waals surface area contributed by atoms with Crippen LogP contribution in [0.4, 0.5) is 5.69 Å². The Balaban J connectivity index is 1.99. The number of benzene rings is 2. The fraction of sp³-hybridized carbons (Fsp3) is 0.167. The van der Waals surface area contributed by atoms with Crippen LogP contribution < -0.4 is 15.1 Å². The Kier molecular flexibility index (Phi) is 4.81. The van der Waals surface area contributed by atoms with Gasteiger partial charge in [0.1, 0.15) is 17.9 Å². The molecule has 7 nitrogen and oxygen atoms in total. The third-order valence-electron chi connectivity index (χ3n) is 3.86. The predicted molar refractivity (Wildman–Crippen MR) is 96.2 cm³/mol. The molecular formula is C18H14ClNO6. The molecule has 0 radical (unpaired) electrons. The van der Waals surface area contributed by atoms with Gasteiger partial charge < -0.3 is 13.9 Å². The fourth-order valence-electron chi connectivity index (χ4n) is 2.51. The van der Waals surface area contributed by atoms with Crippen molar-refractivity contribution in [3.63, 3.8) is 0 Å². The number of halogens is 1. The van der Waals surface area contributed by atoms with E-state index in [1.54, 1.807) is 25.1 Å². The first kappa shape index (κ1) is 17.8. The zero-order chi connectivity index (χ0) is 18.8. The first-order chi connectivity index (χ1) is 12.4. The zero-order valence-corrected chi connectivity index (χ0v) is 14.7. The van der Waals surface area contributed by atoms with E-state index in [-0.39, 0.29) is 18.0 Å². The molecule has 0 unspecified atom stereocenters. The summed E-state index contributed by atoms with van der Waals surface area (Å²) < 4.78 is 15.8. The van der Waals surface area contributed by atoms with Gasteiger partial charge in [-0.1, -0.05) is 11.6 Å². The molecule has 1 aromatic heterocycles. The van der Waals surface area contributed by atoms with Crippen LogP contribution in [0.1, 0.15) is 11.1 Å². The second-order valence-electron chi connectivity index (χ2n) is 5.57. The van der Waals surface area contributed by atoms with Crippen molar-refractivity contribution in [2.24, 2.45) is 0 Å². The third-order valence-corrected chi connectivity index (χ3v) is 4.26.